The largest absolute Gasteiger partial charge is 0.449 e. The van der Waals surface area contributed by atoms with E-state index in [0.717, 1.165) is 5.56 Å². The molecule has 1 fully saturated rings. The standard InChI is InChI=1S/C21H30Cl2N2O3/c1-14(2)12-28-20(27)25-9-7-15(8-10-25)19(26)24-13-21(3,4)16-5-6-17(22)18(23)11-16/h5-6,11,14-15H,7-10,12-13H2,1-4H3,(H,24,26). The van der Waals surface area contributed by atoms with Crippen molar-refractivity contribution in [2.45, 2.75) is 46.0 Å². The lowest BCUT2D eigenvalue weighted by atomic mass is 9.84. The third kappa shape index (κ3) is 6.28. The van der Waals surface area contributed by atoms with Gasteiger partial charge in [0.2, 0.25) is 5.91 Å². The maximum Gasteiger partial charge on any atom is 0.409 e. The molecule has 28 heavy (non-hydrogen) atoms. The topological polar surface area (TPSA) is 58.6 Å². The lowest BCUT2D eigenvalue weighted by molar-refractivity contribution is -0.126. The van der Waals surface area contributed by atoms with E-state index in [4.69, 9.17) is 27.9 Å². The summed E-state index contributed by atoms with van der Waals surface area (Å²) in [6.45, 7) is 10.1. The second-order valence-electron chi connectivity index (χ2n) is 8.46. The number of nitrogens with zero attached hydrogens (tertiary/aromatic N) is 1. The Morgan fingerprint density at radius 3 is 2.43 bits per heavy atom. The van der Waals surface area contributed by atoms with Crippen molar-refractivity contribution in [3.63, 3.8) is 0 Å². The number of halogens is 2. The molecule has 7 heteroatoms. The molecule has 0 atom stereocenters. The van der Waals surface area contributed by atoms with E-state index in [1.807, 2.05) is 26.0 Å². The number of likely N-dealkylation sites (tertiary alicyclic amines) is 1. The minimum absolute atomic E-state index is 0.0309. The lowest BCUT2D eigenvalue weighted by Crippen LogP contribution is -2.45. The molecular formula is C21H30Cl2N2O3. The maximum atomic E-state index is 12.6. The summed E-state index contributed by atoms with van der Waals surface area (Å²) in [5.74, 6) is 0.258. The van der Waals surface area contributed by atoms with Crippen LogP contribution in [0.2, 0.25) is 10.0 Å². The van der Waals surface area contributed by atoms with Crippen LogP contribution in [0.5, 0.6) is 0 Å². The molecule has 1 aromatic carbocycles. The van der Waals surface area contributed by atoms with Crippen molar-refractivity contribution >= 4 is 35.2 Å². The summed E-state index contributed by atoms with van der Waals surface area (Å²) < 4.78 is 5.26. The third-order valence-corrected chi connectivity index (χ3v) is 5.81. The molecule has 1 N–H and O–H groups in total. The molecule has 0 saturated carbocycles. The Balaban J connectivity index is 1.82. The van der Waals surface area contributed by atoms with Crippen molar-refractivity contribution in [2.75, 3.05) is 26.2 Å². The van der Waals surface area contributed by atoms with Gasteiger partial charge in [0.25, 0.3) is 0 Å². The Labute approximate surface area is 177 Å². The number of piperidine rings is 1. The van der Waals surface area contributed by atoms with E-state index in [1.54, 1.807) is 11.0 Å². The number of ether oxygens (including phenoxy) is 1. The molecule has 0 aromatic heterocycles. The molecule has 2 amide bonds. The first kappa shape index (κ1) is 22.8. The van der Waals surface area contributed by atoms with Crippen molar-refractivity contribution in [3.8, 4) is 0 Å². The molecule has 1 saturated heterocycles. The van der Waals surface area contributed by atoms with E-state index in [9.17, 15) is 9.59 Å². The van der Waals surface area contributed by atoms with Gasteiger partial charge in [0.15, 0.2) is 0 Å². The third-order valence-electron chi connectivity index (χ3n) is 5.07. The molecule has 0 aliphatic carbocycles. The van der Waals surface area contributed by atoms with Crippen LogP contribution in [0.1, 0.15) is 46.1 Å². The monoisotopic (exact) mass is 428 g/mol. The zero-order valence-electron chi connectivity index (χ0n) is 17.1. The molecule has 1 aliphatic heterocycles. The van der Waals surface area contributed by atoms with Crippen molar-refractivity contribution in [1.29, 1.82) is 0 Å². The average Bonchev–Trinajstić information content (AvgIpc) is 2.66. The molecule has 0 spiro atoms. The van der Waals surface area contributed by atoms with Crippen LogP contribution in [-0.4, -0.2) is 43.1 Å². The van der Waals surface area contributed by atoms with E-state index < -0.39 is 0 Å². The number of carbonyl (C=O) groups excluding carboxylic acids is 2. The van der Waals surface area contributed by atoms with Gasteiger partial charge in [0.1, 0.15) is 0 Å². The number of nitrogens with one attached hydrogen (secondary N) is 1. The lowest BCUT2D eigenvalue weighted by Gasteiger charge is -2.32. The second kappa shape index (κ2) is 9.84. The van der Waals surface area contributed by atoms with E-state index in [-0.39, 0.29) is 23.3 Å². The van der Waals surface area contributed by atoms with Crippen LogP contribution in [0, 0.1) is 11.8 Å². The Morgan fingerprint density at radius 2 is 1.86 bits per heavy atom. The predicted octanol–water partition coefficient (Wildman–Crippen LogP) is 4.89. The van der Waals surface area contributed by atoms with E-state index in [2.05, 4.69) is 19.2 Å². The Morgan fingerprint density at radius 1 is 1.21 bits per heavy atom. The highest BCUT2D eigenvalue weighted by atomic mass is 35.5. The smallest absolute Gasteiger partial charge is 0.409 e. The van der Waals surface area contributed by atoms with Gasteiger partial charge in [-0.1, -0.05) is 57.0 Å². The number of carbonyl (C=O) groups is 2. The average molecular weight is 429 g/mol. The molecule has 156 valence electrons. The summed E-state index contributed by atoms with van der Waals surface area (Å²) in [5, 5.41) is 4.09. The fourth-order valence-electron chi connectivity index (χ4n) is 3.13. The van der Waals surface area contributed by atoms with Crippen molar-refractivity contribution < 1.29 is 14.3 Å². The number of hydrogen-bond acceptors (Lipinski definition) is 3. The van der Waals surface area contributed by atoms with Gasteiger partial charge in [-0.05, 0) is 36.5 Å². The molecule has 2 rings (SSSR count). The Bertz CT molecular complexity index is 699. The Hall–Kier alpha value is -1.46. The first-order valence-corrected chi connectivity index (χ1v) is 10.5. The Kier molecular flexibility index (Phi) is 8.02. The summed E-state index contributed by atoms with van der Waals surface area (Å²) >= 11 is 12.1. The van der Waals surface area contributed by atoms with Crippen molar-refractivity contribution in [2.24, 2.45) is 11.8 Å². The fourth-order valence-corrected chi connectivity index (χ4v) is 3.42. The summed E-state index contributed by atoms with van der Waals surface area (Å²) in [6, 6.07) is 5.55. The van der Waals surface area contributed by atoms with Gasteiger partial charge in [0, 0.05) is 31.0 Å². The number of benzene rings is 1. The summed E-state index contributed by atoms with van der Waals surface area (Å²) in [5.41, 5.74) is 0.746. The van der Waals surface area contributed by atoms with E-state index in [0.29, 0.717) is 55.0 Å². The molecule has 1 aliphatic rings. The van der Waals surface area contributed by atoms with Gasteiger partial charge < -0.3 is 15.0 Å². The van der Waals surface area contributed by atoms with Gasteiger partial charge in [-0.15, -0.1) is 0 Å². The molecule has 1 aromatic rings. The van der Waals surface area contributed by atoms with Crippen LogP contribution in [0.4, 0.5) is 4.79 Å². The summed E-state index contributed by atoms with van der Waals surface area (Å²) in [7, 11) is 0. The van der Waals surface area contributed by atoms with Gasteiger partial charge in [-0.25, -0.2) is 4.79 Å². The normalized spacial score (nSPS) is 15.6. The quantitative estimate of drug-likeness (QED) is 0.701. The van der Waals surface area contributed by atoms with Gasteiger partial charge in [-0.3, -0.25) is 4.79 Å². The zero-order valence-corrected chi connectivity index (χ0v) is 18.6. The number of hydrogen-bond donors (Lipinski definition) is 1. The molecule has 5 nitrogen and oxygen atoms in total. The molecule has 0 unspecified atom stereocenters. The zero-order chi connectivity index (χ0) is 20.9. The number of amides is 2. The van der Waals surface area contributed by atoms with Crippen LogP contribution in [0.3, 0.4) is 0 Å². The highest BCUT2D eigenvalue weighted by Gasteiger charge is 2.29. The van der Waals surface area contributed by atoms with Gasteiger partial charge >= 0.3 is 6.09 Å². The van der Waals surface area contributed by atoms with E-state index >= 15 is 0 Å². The molecule has 1 heterocycles. The maximum absolute atomic E-state index is 12.6. The fraction of sp³-hybridized carbons (Fsp3) is 0.619. The molecule has 0 bridgehead atoms. The second-order valence-corrected chi connectivity index (χ2v) is 9.28. The van der Waals surface area contributed by atoms with Gasteiger partial charge in [0.05, 0.1) is 16.7 Å². The van der Waals surface area contributed by atoms with Crippen LogP contribution >= 0.6 is 23.2 Å². The molecule has 0 radical (unpaired) electrons. The highest BCUT2D eigenvalue weighted by Crippen LogP contribution is 2.29. The van der Waals surface area contributed by atoms with Crippen LogP contribution in [0.25, 0.3) is 0 Å². The minimum Gasteiger partial charge on any atom is -0.449 e. The van der Waals surface area contributed by atoms with Crippen molar-refractivity contribution in [1.82, 2.24) is 10.2 Å². The first-order valence-electron chi connectivity index (χ1n) is 9.75. The van der Waals surface area contributed by atoms with Gasteiger partial charge in [-0.2, -0.15) is 0 Å². The SMILES string of the molecule is CC(C)COC(=O)N1CCC(C(=O)NCC(C)(C)c2ccc(Cl)c(Cl)c2)CC1. The van der Waals surface area contributed by atoms with Crippen LogP contribution in [-0.2, 0) is 14.9 Å². The van der Waals surface area contributed by atoms with E-state index in [1.165, 1.54) is 0 Å². The van der Waals surface area contributed by atoms with Crippen molar-refractivity contribution in [3.05, 3.63) is 33.8 Å². The summed E-state index contributed by atoms with van der Waals surface area (Å²) in [6.07, 6.45) is 1.01. The number of rotatable bonds is 6. The minimum atomic E-state index is -0.284. The first-order chi connectivity index (χ1) is 13.1. The van der Waals surface area contributed by atoms with Crippen LogP contribution < -0.4 is 5.32 Å². The predicted molar refractivity (Wildman–Crippen MR) is 113 cm³/mol. The molecular weight excluding hydrogens is 399 g/mol. The summed E-state index contributed by atoms with van der Waals surface area (Å²) in [4.78, 5) is 26.3. The van der Waals surface area contributed by atoms with Crippen LogP contribution in [0.15, 0.2) is 18.2 Å². The highest BCUT2D eigenvalue weighted by molar-refractivity contribution is 6.42.